The summed E-state index contributed by atoms with van der Waals surface area (Å²) in [6.45, 7) is 10.00. The fourth-order valence-corrected chi connectivity index (χ4v) is 4.27. The molecule has 1 rings (SSSR count). The molecule has 0 aromatic heterocycles. The first-order chi connectivity index (χ1) is 10.3. The molecule has 1 aliphatic carbocycles. The molecule has 0 atom stereocenters. The van der Waals surface area contributed by atoms with Gasteiger partial charge in [0.25, 0.3) is 5.91 Å². The van der Waals surface area contributed by atoms with E-state index in [1.807, 2.05) is 0 Å². The fraction of sp³-hybridized carbons (Fsp3) is 0.895. The van der Waals surface area contributed by atoms with Crippen LogP contribution < -0.4 is 5.32 Å². The average Bonchev–Trinajstić information content (AvgIpc) is 2.35. The lowest BCUT2D eigenvalue weighted by atomic mass is 9.64. The molecule has 0 spiro atoms. The molecule has 1 fully saturated rings. The average molecular weight is 309 g/mol. The quantitative estimate of drug-likeness (QED) is 0.556. The minimum atomic E-state index is -0.505. The summed E-state index contributed by atoms with van der Waals surface area (Å²) in [7, 11) is 0. The highest BCUT2D eigenvalue weighted by Gasteiger charge is 2.34. The van der Waals surface area contributed by atoms with Gasteiger partial charge in [-0.2, -0.15) is 0 Å². The number of aldehydes is 1. The summed E-state index contributed by atoms with van der Waals surface area (Å²) in [6, 6.07) is 0. The molecule has 1 aliphatic rings. The number of nitrogens with one attached hydrogen (secondary N) is 1. The first-order valence-corrected chi connectivity index (χ1v) is 9.00. The van der Waals surface area contributed by atoms with Crippen molar-refractivity contribution in [2.24, 2.45) is 16.7 Å². The molecule has 0 aromatic rings. The zero-order valence-corrected chi connectivity index (χ0v) is 15.0. The number of hydrogen-bond acceptors (Lipinski definition) is 2. The Morgan fingerprint density at radius 1 is 1.05 bits per heavy atom. The molecular weight excluding hydrogens is 274 g/mol. The predicted octanol–water partition coefficient (Wildman–Crippen LogP) is 4.49. The van der Waals surface area contributed by atoms with Gasteiger partial charge >= 0.3 is 0 Å². The van der Waals surface area contributed by atoms with E-state index >= 15 is 0 Å². The minimum absolute atomic E-state index is 0.183. The van der Waals surface area contributed by atoms with Crippen molar-refractivity contribution in [1.82, 2.24) is 5.32 Å². The number of amides is 1. The van der Waals surface area contributed by atoms with Crippen LogP contribution in [0.1, 0.15) is 85.5 Å². The number of rotatable bonds is 7. The lowest BCUT2D eigenvalue weighted by Crippen LogP contribution is -2.34. The Labute approximate surface area is 136 Å². The molecule has 1 N–H and O–H groups in total. The molecule has 1 saturated carbocycles. The van der Waals surface area contributed by atoms with Gasteiger partial charge in [-0.3, -0.25) is 9.59 Å². The lowest BCUT2D eigenvalue weighted by Gasteiger charge is -2.41. The van der Waals surface area contributed by atoms with Crippen molar-refractivity contribution in [3.8, 4) is 0 Å². The Hall–Kier alpha value is -0.860. The van der Waals surface area contributed by atoms with Gasteiger partial charge < -0.3 is 5.32 Å². The Morgan fingerprint density at radius 2 is 1.59 bits per heavy atom. The number of hydrogen-bond donors (Lipinski definition) is 1. The van der Waals surface area contributed by atoms with Gasteiger partial charge in [-0.25, -0.2) is 0 Å². The lowest BCUT2D eigenvalue weighted by molar-refractivity contribution is -0.131. The van der Waals surface area contributed by atoms with Crippen molar-refractivity contribution < 1.29 is 9.59 Å². The van der Waals surface area contributed by atoms with Crippen LogP contribution in [0.25, 0.3) is 0 Å². The number of carbonyl (C=O) groups is 2. The van der Waals surface area contributed by atoms with Crippen LogP contribution in [-0.4, -0.2) is 18.7 Å². The maximum absolute atomic E-state index is 11.0. The zero-order chi connectivity index (χ0) is 16.6. The molecule has 3 nitrogen and oxygen atoms in total. The predicted molar refractivity (Wildman–Crippen MR) is 91.7 cm³/mol. The van der Waals surface area contributed by atoms with Gasteiger partial charge in [-0.05, 0) is 42.4 Å². The molecule has 3 heteroatoms. The normalized spacial score (nSPS) is 18.4. The second kappa shape index (κ2) is 8.69. The summed E-state index contributed by atoms with van der Waals surface area (Å²) >= 11 is 0. The van der Waals surface area contributed by atoms with E-state index in [2.05, 4.69) is 33.0 Å². The number of carbonyl (C=O) groups excluding carboxylic acids is 2. The maximum atomic E-state index is 11.0. The van der Waals surface area contributed by atoms with Crippen LogP contribution in [0.15, 0.2) is 0 Å². The van der Waals surface area contributed by atoms with Crippen molar-refractivity contribution in [3.05, 3.63) is 0 Å². The van der Waals surface area contributed by atoms with Crippen molar-refractivity contribution in [2.45, 2.75) is 85.5 Å². The Bertz CT molecular complexity index is 352. The van der Waals surface area contributed by atoms with Gasteiger partial charge in [0.15, 0.2) is 0 Å². The second-order valence-electron chi connectivity index (χ2n) is 8.53. The van der Waals surface area contributed by atoms with Crippen molar-refractivity contribution in [2.75, 3.05) is 6.54 Å². The summed E-state index contributed by atoms with van der Waals surface area (Å²) in [5.41, 5.74) is 0.525. The van der Waals surface area contributed by atoms with Crippen LogP contribution in [0.4, 0.5) is 0 Å². The third kappa shape index (κ3) is 6.93. The third-order valence-corrected chi connectivity index (χ3v) is 5.35. The Balaban J connectivity index is 2.51. The molecule has 0 radical (unpaired) electrons. The summed E-state index contributed by atoms with van der Waals surface area (Å²) < 4.78 is 0. The van der Waals surface area contributed by atoms with E-state index in [0.29, 0.717) is 18.2 Å². The van der Waals surface area contributed by atoms with Gasteiger partial charge in [0.1, 0.15) is 0 Å². The van der Waals surface area contributed by atoms with E-state index in [1.165, 1.54) is 51.4 Å². The first kappa shape index (κ1) is 19.2. The van der Waals surface area contributed by atoms with Gasteiger partial charge in [0, 0.05) is 6.54 Å². The maximum Gasteiger partial charge on any atom is 0.284 e. The highest BCUT2D eigenvalue weighted by Crippen LogP contribution is 2.45. The standard InChI is InChI=1S/C19H35NO2/c1-18(2,12-13-20-17(22)14-21)15-19(3,4)16-10-8-6-5-7-9-11-16/h14,16H,5-13,15H2,1-4H3,(H,20,22). The fourth-order valence-electron chi connectivity index (χ4n) is 4.27. The molecule has 0 unspecified atom stereocenters. The van der Waals surface area contributed by atoms with Crippen LogP contribution in [-0.2, 0) is 9.59 Å². The van der Waals surface area contributed by atoms with Gasteiger partial charge in [-0.15, -0.1) is 0 Å². The highest BCUT2D eigenvalue weighted by atomic mass is 16.2. The summed E-state index contributed by atoms with van der Waals surface area (Å²) in [4.78, 5) is 21.4. The van der Waals surface area contributed by atoms with Crippen LogP contribution in [0.5, 0.6) is 0 Å². The SMILES string of the molecule is CC(C)(CCNC(=O)C=O)CC(C)(C)C1CCCCCCC1. The minimum Gasteiger partial charge on any atom is -0.350 e. The molecule has 0 saturated heterocycles. The van der Waals surface area contributed by atoms with E-state index in [1.54, 1.807) is 0 Å². The molecule has 0 heterocycles. The topological polar surface area (TPSA) is 46.2 Å². The smallest absolute Gasteiger partial charge is 0.284 e. The van der Waals surface area contributed by atoms with Crippen molar-refractivity contribution in [3.63, 3.8) is 0 Å². The van der Waals surface area contributed by atoms with Crippen molar-refractivity contribution in [1.29, 1.82) is 0 Å². The Kier molecular flexibility index (Phi) is 7.58. The summed E-state index contributed by atoms with van der Waals surface area (Å²) in [5.74, 6) is 0.312. The van der Waals surface area contributed by atoms with E-state index in [4.69, 9.17) is 0 Å². The second-order valence-corrected chi connectivity index (χ2v) is 8.53. The van der Waals surface area contributed by atoms with Gasteiger partial charge in [0.05, 0.1) is 0 Å². The monoisotopic (exact) mass is 309 g/mol. The highest BCUT2D eigenvalue weighted by molar-refractivity contribution is 6.23. The van der Waals surface area contributed by atoms with Crippen LogP contribution in [0, 0.1) is 16.7 Å². The summed E-state index contributed by atoms with van der Waals surface area (Å²) in [6.07, 6.45) is 12.1. The molecule has 0 aromatic carbocycles. The van der Waals surface area contributed by atoms with Crippen LogP contribution >= 0.6 is 0 Å². The van der Waals surface area contributed by atoms with E-state index in [0.717, 1.165) is 12.3 Å². The summed E-state index contributed by atoms with van der Waals surface area (Å²) in [5, 5.41) is 2.67. The van der Waals surface area contributed by atoms with E-state index in [-0.39, 0.29) is 5.41 Å². The van der Waals surface area contributed by atoms with Crippen LogP contribution in [0.2, 0.25) is 0 Å². The zero-order valence-electron chi connectivity index (χ0n) is 15.0. The largest absolute Gasteiger partial charge is 0.350 e. The van der Waals surface area contributed by atoms with Crippen molar-refractivity contribution >= 4 is 12.2 Å². The molecular formula is C19H35NO2. The molecule has 0 aliphatic heterocycles. The molecule has 22 heavy (non-hydrogen) atoms. The van der Waals surface area contributed by atoms with Gasteiger partial charge in [0.2, 0.25) is 6.29 Å². The van der Waals surface area contributed by atoms with E-state index < -0.39 is 5.91 Å². The third-order valence-electron chi connectivity index (χ3n) is 5.35. The molecule has 0 bridgehead atoms. The first-order valence-electron chi connectivity index (χ1n) is 9.00. The van der Waals surface area contributed by atoms with E-state index in [9.17, 15) is 9.59 Å². The van der Waals surface area contributed by atoms with Crippen LogP contribution in [0.3, 0.4) is 0 Å². The Morgan fingerprint density at radius 3 is 2.14 bits per heavy atom. The molecule has 1 amide bonds. The molecule has 128 valence electrons. The van der Waals surface area contributed by atoms with Gasteiger partial charge in [-0.1, -0.05) is 59.8 Å².